The number of benzene rings is 2. The summed E-state index contributed by atoms with van der Waals surface area (Å²) in [7, 11) is 4.09. The van der Waals surface area contributed by atoms with Gasteiger partial charge in [0.05, 0.1) is 12.7 Å². The highest BCUT2D eigenvalue weighted by Gasteiger charge is 2.18. The van der Waals surface area contributed by atoms with E-state index in [0.29, 0.717) is 6.61 Å². The van der Waals surface area contributed by atoms with Gasteiger partial charge in [-0.2, -0.15) is 0 Å². The molecule has 0 N–H and O–H groups in total. The van der Waals surface area contributed by atoms with Gasteiger partial charge in [-0.05, 0) is 23.3 Å². The van der Waals surface area contributed by atoms with Gasteiger partial charge in [0, 0.05) is 25.7 Å². The summed E-state index contributed by atoms with van der Waals surface area (Å²) < 4.78 is 6.18. The summed E-state index contributed by atoms with van der Waals surface area (Å²) >= 11 is 0. The van der Waals surface area contributed by atoms with Crippen molar-refractivity contribution in [1.29, 1.82) is 0 Å². The third kappa shape index (κ3) is 4.22. The van der Waals surface area contributed by atoms with Crippen molar-refractivity contribution in [3.8, 4) is 0 Å². The molecule has 0 saturated heterocycles. The number of ether oxygens (including phenoxy) is 1. The summed E-state index contributed by atoms with van der Waals surface area (Å²) in [6, 6.07) is 18.8. The van der Waals surface area contributed by atoms with Gasteiger partial charge in [-0.3, -0.25) is 0 Å². The highest BCUT2D eigenvalue weighted by molar-refractivity contribution is 5.46. The molecule has 2 heteroatoms. The summed E-state index contributed by atoms with van der Waals surface area (Å²) in [5.41, 5.74) is 3.57. The van der Waals surface area contributed by atoms with Crippen LogP contribution in [0.25, 0.3) is 0 Å². The van der Waals surface area contributed by atoms with E-state index in [4.69, 9.17) is 4.74 Å². The molecule has 0 spiro atoms. The Morgan fingerprint density at radius 1 is 1.05 bits per heavy atom. The first-order valence-electron chi connectivity index (χ1n) is 7.67. The molecule has 0 saturated carbocycles. The molecule has 116 valence electrons. The zero-order valence-electron chi connectivity index (χ0n) is 13.7. The largest absolute Gasteiger partial charge is 0.378 e. The van der Waals surface area contributed by atoms with E-state index in [-0.39, 0.29) is 12.0 Å². The molecule has 0 unspecified atom stereocenters. The molecule has 2 atom stereocenters. The summed E-state index contributed by atoms with van der Waals surface area (Å²) in [6.45, 7) is 6.67. The second-order valence-corrected chi connectivity index (χ2v) is 5.80. The smallest absolute Gasteiger partial charge is 0.0889 e. The van der Waals surface area contributed by atoms with Crippen LogP contribution in [-0.2, 0) is 11.3 Å². The fraction of sp³-hybridized carbons (Fsp3) is 0.300. The molecule has 0 bridgehead atoms. The van der Waals surface area contributed by atoms with Crippen molar-refractivity contribution in [2.75, 3.05) is 19.0 Å². The van der Waals surface area contributed by atoms with E-state index in [9.17, 15) is 0 Å². The first-order valence-corrected chi connectivity index (χ1v) is 7.67. The van der Waals surface area contributed by atoms with Crippen LogP contribution >= 0.6 is 0 Å². The van der Waals surface area contributed by atoms with Crippen LogP contribution in [-0.4, -0.2) is 14.1 Å². The third-order valence-corrected chi connectivity index (χ3v) is 3.86. The Kier molecular flexibility index (Phi) is 5.79. The van der Waals surface area contributed by atoms with Gasteiger partial charge in [0.25, 0.3) is 0 Å². The molecule has 2 nitrogen and oxygen atoms in total. The lowest BCUT2D eigenvalue weighted by atomic mass is 9.97. The highest BCUT2D eigenvalue weighted by Crippen LogP contribution is 2.29. The lowest BCUT2D eigenvalue weighted by Crippen LogP contribution is -2.13. The standard InChI is InChI=1S/C20H25NO/c1-5-16(2)20(22-15-17-9-7-6-8-10-17)18-11-13-19(14-12-18)21(3)4/h5-14,16,20H,1,15H2,2-4H3/t16-,20-/m1/s1. The monoisotopic (exact) mass is 295 g/mol. The minimum atomic E-state index is 0.0221. The molecule has 22 heavy (non-hydrogen) atoms. The summed E-state index contributed by atoms with van der Waals surface area (Å²) in [5, 5.41) is 0. The minimum absolute atomic E-state index is 0.0221. The Labute approximate surface area is 134 Å². The highest BCUT2D eigenvalue weighted by atomic mass is 16.5. The van der Waals surface area contributed by atoms with E-state index < -0.39 is 0 Å². The quantitative estimate of drug-likeness (QED) is 0.678. The molecule has 0 amide bonds. The van der Waals surface area contributed by atoms with Gasteiger partial charge in [0.15, 0.2) is 0 Å². The molecule has 0 aromatic heterocycles. The normalized spacial score (nSPS) is 13.4. The second-order valence-electron chi connectivity index (χ2n) is 5.80. The van der Waals surface area contributed by atoms with E-state index in [2.05, 4.69) is 54.8 Å². The van der Waals surface area contributed by atoms with Gasteiger partial charge in [-0.1, -0.05) is 55.5 Å². The van der Waals surface area contributed by atoms with Crippen molar-refractivity contribution in [3.63, 3.8) is 0 Å². The van der Waals surface area contributed by atoms with E-state index in [0.717, 1.165) is 0 Å². The predicted molar refractivity (Wildman–Crippen MR) is 94.1 cm³/mol. The van der Waals surface area contributed by atoms with Crippen molar-refractivity contribution < 1.29 is 4.74 Å². The Balaban J connectivity index is 2.13. The van der Waals surface area contributed by atoms with Gasteiger partial charge < -0.3 is 9.64 Å². The fourth-order valence-corrected chi connectivity index (χ4v) is 2.40. The summed E-state index contributed by atoms with van der Waals surface area (Å²) in [4.78, 5) is 2.10. The van der Waals surface area contributed by atoms with Crippen molar-refractivity contribution >= 4 is 5.69 Å². The predicted octanol–water partition coefficient (Wildman–Crippen LogP) is 4.83. The van der Waals surface area contributed by atoms with Crippen LogP contribution in [0.4, 0.5) is 5.69 Å². The third-order valence-electron chi connectivity index (χ3n) is 3.86. The van der Waals surface area contributed by atoms with Crippen LogP contribution < -0.4 is 4.90 Å². The van der Waals surface area contributed by atoms with Crippen molar-refractivity contribution in [1.82, 2.24) is 0 Å². The average Bonchev–Trinajstić information content (AvgIpc) is 2.56. The molecule has 0 aliphatic carbocycles. The lowest BCUT2D eigenvalue weighted by Gasteiger charge is -2.23. The number of hydrogen-bond donors (Lipinski definition) is 0. The van der Waals surface area contributed by atoms with Gasteiger partial charge in [0.2, 0.25) is 0 Å². The molecular weight excluding hydrogens is 270 g/mol. The lowest BCUT2D eigenvalue weighted by molar-refractivity contribution is 0.0165. The van der Waals surface area contributed by atoms with E-state index >= 15 is 0 Å². The number of nitrogens with zero attached hydrogens (tertiary/aromatic N) is 1. The van der Waals surface area contributed by atoms with Crippen molar-refractivity contribution in [3.05, 3.63) is 78.4 Å². The topological polar surface area (TPSA) is 12.5 Å². The van der Waals surface area contributed by atoms with Gasteiger partial charge in [-0.25, -0.2) is 0 Å². The zero-order valence-corrected chi connectivity index (χ0v) is 13.7. The second kappa shape index (κ2) is 7.81. The van der Waals surface area contributed by atoms with Crippen molar-refractivity contribution in [2.45, 2.75) is 19.6 Å². The molecular formula is C20H25NO. The Hall–Kier alpha value is -2.06. The maximum Gasteiger partial charge on any atom is 0.0889 e. The average molecular weight is 295 g/mol. The van der Waals surface area contributed by atoms with Crippen LogP contribution in [0.5, 0.6) is 0 Å². The molecule has 0 fully saturated rings. The van der Waals surface area contributed by atoms with Gasteiger partial charge in [0.1, 0.15) is 0 Å². The minimum Gasteiger partial charge on any atom is -0.378 e. The number of anilines is 1. The van der Waals surface area contributed by atoms with E-state index in [1.165, 1.54) is 16.8 Å². The van der Waals surface area contributed by atoms with Crippen LogP contribution in [0.1, 0.15) is 24.2 Å². The van der Waals surface area contributed by atoms with E-state index in [1.807, 2.05) is 38.4 Å². The van der Waals surface area contributed by atoms with Gasteiger partial charge >= 0.3 is 0 Å². The van der Waals surface area contributed by atoms with E-state index in [1.54, 1.807) is 0 Å². The SMILES string of the molecule is C=C[C@@H](C)[C@@H](OCc1ccccc1)c1ccc(N(C)C)cc1. The Bertz CT molecular complexity index is 574. The first-order chi connectivity index (χ1) is 10.6. The molecule has 0 radical (unpaired) electrons. The zero-order chi connectivity index (χ0) is 15.9. The van der Waals surface area contributed by atoms with Crippen LogP contribution in [0, 0.1) is 5.92 Å². The molecule has 2 aromatic carbocycles. The summed E-state index contributed by atoms with van der Waals surface area (Å²) in [5.74, 6) is 0.258. The Morgan fingerprint density at radius 2 is 1.68 bits per heavy atom. The van der Waals surface area contributed by atoms with Crippen molar-refractivity contribution in [2.24, 2.45) is 5.92 Å². The maximum absolute atomic E-state index is 6.18. The van der Waals surface area contributed by atoms with Crippen LogP contribution in [0.2, 0.25) is 0 Å². The molecule has 2 rings (SSSR count). The first kappa shape index (κ1) is 16.3. The summed E-state index contributed by atoms with van der Waals surface area (Å²) in [6.07, 6.45) is 1.98. The number of rotatable bonds is 7. The molecule has 2 aromatic rings. The van der Waals surface area contributed by atoms with Crippen LogP contribution in [0.15, 0.2) is 67.3 Å². The molecule has 0 aliphatic rings. The Morgan fingerprint density at radius 3 is 2.23 bits per heavy atom. The maximum atomic E-state index is 6.18. The fourth-order valence-electron chi connectivity index (χ4n) is 2.40. The van der Waals surface area contributed by atoms with Gasteiger partial charge in [-0.15, -0.1) is 6.58 Å². The number of hydrogen-bond acceptors (Lipinski definition) is 2. The molecule has 0 heterocycles. The molecule has 0 aliphatic heterocycles. The van der Waals surface area contributed by atoms with Crippen LogP contribution in [0.3, 0.4) is 0 Å².